The molecule has 0 aliphatic carbocycles. The lowest BCUT2D eigenvalue weighted by Crippen LogP contribution is -1.63. The Balaban J connectivity index is 3.02. The van der Waals surface area contributed by atoms with Gasteiger partial charge in [-0.15, -0.1) is 6.42 Å². The fourth-order valence-electron chi connectivity index (χ4n) is 0.116. The lowest BCUT2D eigenvalue weighted by molar-refractivity contribution is 0.232. The third-order valence-electron chi connectivity index (χ3n) is 0.310. The summed E-state index contributed by atoms with van der Waals surface area (Å²) in [6.45, 7) is -0.218. The molecule has 1 radical (unpaired) electrons. The van der Waals surface area contributed by atoms with E-state index in [0.717, 1.165) is 0 Å². The summed E-state index contributed by atoms with van der Waals surface area (Å²) in [5.41, 5.74) is 0. The monoisotopic (exact) mass is 81.0 g/mol. The SMILES string of the molecule is C#C/C=C/C[O]. The molecule has 0 saturated carbocycles. The van der Waals surface area contributed by atoms with Crippen molar-refractivity contribution in [1.29, 1.82) is 0 Å². The Hall–Kier alpha value is -0.740. The summed E-state index contributed by atoms with van der Waals surface area (Å²) < 4.78 is 0. The molecule has 0 aromatic carbocycles. The number of allylic oxidation sites excluding steroid dienone is 1. The summed E-state index contributed by atoms with van der Waals surface area (Å²) in [6, 6.07) is 0. The van der Waals surface area contributed by atoms with E-state index in [2.05, 4.69) is 5.92 Å². The van der Waals surface area contributed by atoms with Crippen molar-refractivity contribution in [2.45, 2.75) is 0 Å². The molecule has 0 atom stereocenters. The summed E-state index contributed by atoms with van der Waals surface area (Å²) in [4.78, 5) is 0. The van der Waals surface area contributed by atoms with Crippen LogP contribution in [0.1, 0.15) is 0 Å². The van der Waals surface area contributed by atoms with Crippen LogP contribution in [0.4, 0.5) is 0 Å². The van der Waals surface area contributed by atoms with Crippen molar-refractivity contribution in [3.63, 3.8) is 0 Å². The van der Waals surface area contributed by atoms with Crippen LogP contribution in [0.25, 0.3) is 0 Å². The molecular formula is C5H5O. The van der Waals surface area contributed by atoms with E-state index in [1.54, 1.807) is 0 Å². The Kier molecular flexibility index (Phi) is 3.73. The molecule has 0 rings (SSSR count). The molecule has 0 amide bonds. The van der Waals surface area contributed by atoms with Crippen LogP contribution in [0.15, 0.2) is 12.2 Å². The molecule has 1 heteroatoms. The van der Waals surface area contributed by atoms with E-state index in [0.29, 0.717) is 0 Å². The maximum atomic E-state index is 9.51. The number of terminal acetylenes is 1. The average Bonchev–Trinajstić information content (AvgIpc) is 1.61. The van der Waals surface area contributed by atoms with Crippen LogP contribution in [0.3, 0.4) is 0 Å². The van der Waals surface area contributed by atoms with Gasteiger partial charge in [-0.25, -0.2) is 5.11 Å². The van der Waals surface area contributed by atoms with Crippen molar-refractivity contribution in [2.24, 2.45) is 0 Å². The molecule has 0 bridgehead atoms. The van der Waals surface area contributed by atoms with Crippen LogP contribution in [0, 0.1) is 12.3 Å². The minimum Gasteiger partial charge on any atom is -0.232 e. The zero-order valence-electron chi connectivity index (χ0n) is 3.35. The van der Waals surface area contributed by atoms with Gasteiger partial charge in [0.05, 0.1) is 0 Å². The van der Waals surface area contributed by atoms with Crippen molar-refractivity contribution < 1.29 is 5.11 Å². The highest BCUT2D eigenvalue weighted by atomic mass is 16.2. The summed E-state index contributed by atoms with van der Waals surface area (Å²) >= 11 is 0. The molecule has 0 N–H and O–H groups in total. The highest BCUT2D eigenvalue weighted by molar-refractivity contribution is 5.08. The predicted molar refractivity (Wildman–Crippen MR) is 23.5 cm³/mol. The first-order valence-corrected chi connectivity index (χ1v) is 1.61. The lowest BCUT2D eigenvalue weighted by Gasteiger charge is -1.62. The van der Waals surface area contributed by atoms with Crippen molar-refractivity contribution in [2.75, 3.05) is 6.61 Å². The minimum atomic E-state index is -0.218. The molecule has 0 aliphatic heterocycles. The van der Waals surface area contributed by atoms with Gasteiger partial charge in [0.25, 0.3) is 0 Å². The first kappa shape index (κ1) is 5.26. The van der Waals surface area contributed by atoms with Gasteiger partial charge < -0.3 is 0 Å². The highest BCUT2D eigenvalue weighted by Gasteiger charge is 1.58. The van der Waals surface area contributed by atoms with Crippen LogP contribution >= 0.6 is 0 Å². The van der Waals surface area contributed by atoms with E-state index in [4.69, 9.17) is 6.42 Å². The van der Waals surface area contributed by atoms with E-state index in [1.807, 2.05) is 0 Å². The quantitative estimate of drug-likeness (QED) is 0.412. The van der Waals surface area contributed by atoms with E-state index in [9.17, 15) is 5.11 Å². The summed E-state index contributed by atoms with van der Waals surface area (Å²) in [6.07, 6.45) is 7.52. The van der Waals surface area contributed by atoms with Crippen molar-refractivity contribution >= 4 is 0 Å². The molecule has 6 heavy (non-hydrogen) atoms. The van der Waals surface area contributed by atoms with Gasteiger partial charge in [-0.3, -0.25) is 0 Å². The first-order chi connectivity index (χ1) is 2.91. The Labute approximate surface area is 37.3 Å². The maximum absolute atomic E-state index is 9.51. The molecule has 0 aromatic rings. The smallest absolute Gasteiger partial charge is 0.101 e. The number of hydrogen-bond donors (Lipinski definition) is 0. The molecule has 0 spiro atoms. The van der Waals surface area contributed by atoms with Gasteiger partial charge in [0.1, 0.15) is 6.61 Å². The molecule has 0 heterocycles. The standard InChI is InChI=1S/C5H5O/c1-2-3-4-5-6/h1,3-4H,5H2/b4-3+. The first-order valence-electron chi connectivity index (χ1n) is 1.61. The fraction of sp³-hybridized carbons (Fsp3) is 0.200. The number of rotatable bonds is 1. The Morgan fingerprint density at radius 1 is 1.83 bits per heavy atom. The van der Waals surface area contributed by atoms with Crippen LogP contribution < -0.4 is 0 Å². The summed E-state index contributed by atoms with van der Waals surface area (Å²) in [5, 5.41) is 9.51. The number of hydrogen-bond acceptors (Lipinski definition) is 0. The van der Waals surface area contributed by atoms with Crippen molar-refractivity contribution in [1.82, 2.24) is 0 Å². The molecule has 0 aromatic heterocycles. The predicted octanol–water partition coefficient (Wildman–Crippen LogP) is 0.606. The van der Waals surface area contributed by atoms with Gasteiger partial charge in [0.15, 0.2) is 0 Å². The Morgan fingerprint density at radius 3 is 2.67 bits per heavy atom. The highest BCUT2D eigenvalue weighted by Crippen LogP contribution is 1.62. The zero-order valence-corrected chi connectivity index (χ0v) is 3.35. The second-order valence-electron chi connectivity index (χ2n) is 0.736. The van der Waals surface area contributed by atoms with E-state index in [-0.39, 0.29) is 6.61 Å². The minimum absolute atomic E-state index is 0.218. The normalized spacial score (nSPS) is 8.67. The third-order valence-corrected chi connectivity index (χ3v) is 0.310. The molecule has 0 fully saturated rings. The molecule has 0 saturated heterocycles. The molecular weight excluding hydrogens is 76.1 g/mol. The summed E-state index contributed by atoms with van der Waals surface area (Å²) in [7, 11) is 0. The van der Waals surface area contributed by atoms with E-state index in [1.165, 1.54) is 12.2 Å². The van der Waals surface area contributed by atoms with Gasteiger partial charge in [0.2, 0.25) is 0 Å². The van der Waals surface area contributed by atoms with Gasteiger partial charge >= 0.3 is 0 Å². The summed E-state index contributed by atoms with van der Waals surface area (Å²) in [5.74, 6) is 2.19. The molecule has 1 nitrogen and oxygen atoms in total. The zero-order chi connectivity index (χ0) is 4.83. The van der Waals surface area contributed by atoms with Gasteiger partial charge in [-0.1, -0.05) is 5.92 Å². The second-order valence-corrected chi connectivity index (χ2v) is 0.736. The van der Waals surface area contributed by atoms with Crippen LogP contribution in [-0.4, -0.2) is 6.61 Å². The van der Waals surface area contributed by atoms with Gasteiger partial charge in [-0.05, 0) is 12.2 Å². The Bertz CT molecular complexity index is 76.4. The third kappa shape index (κ3) is 3.26. The maximum Gasteiger partial charge on any atom is 0.101 e. The second kappa shape index (κ2) is 4.26. The van der Waals surface area contributed by atoms with E-state index < -0.39 is 0 Å². The van der Waals surface area contributed by atoms with Crippen LogP contribution in [-0.2, 0) is 5.11 Å². The van der Waals surface area contributed by atoms with Gasteiger partial charge in [0, 0.05) is 0 Å². The largest absolute Gasteiger partial charge is 0.232 e. The molecule has 0 aliphatic rings. The fourth-order valence-corrected chi connectivity index (χ4v) is 0.116. The van der Waals surface area contributed by atoms with Crippen molar-refractivity contribution in [3.8, 4) is 12.3 Å². The topological polar surface area (TPSA) is 19.9 Å². The Morgan fingerprint density at radius 2 is 2.50 bits per heavy atom. The van der Waals surface area contributed by atoms with Crippen LogP contribution in [0.2, 0.25) is 0 Å². The van der Waals surface area contributed by atoms with E-state index >= 15 is 0 Å². The molecule has 31 valence electrons. The van der Waals surface area contributed by atoms with Crippen molar-refractivity contribution in [3.05, 3.63) is 12.2 Å². The molecule has 0 unspecified atom stereocenters. The van der Waals surface area contributed by atoms with Crippen LogP contribution in [0.5, 0.6) is 0 Å². The van der Waals surface area contributed by atoms with Gasteiger partial charge in [-0.2, -0.15) is 0 Å². The average molecular weight is 81.1 g/mol. The lowest BCUT2D eigenvalue weighted by atomic mass is 10.5.